The molecule has 4 rings (SSSR count). The number of esters is 1. The van der Waals surface area contributed by atoms with Crippen molar-refractivity contribution >= 4 is 11.9 Å². The van der Waals surface area contributed by atoms with E-state index in [1.54, 1.807) is 29.3 Å². The molecule has 1 N–H and O–H groups in total. The summed E-state index contributed by atoms with van der Waals surface area (Å²) in [6.07, 6.45) is 2.46. The van der Waals surface area contributed by atoms with Crippen LogP contribution in [0.2, 0.25) is 0 Å². The van der Waals surface area contributed by atoms with Crippen LogP contribution < -0.4 is 0 Å². The van der Waals surface area contributed by atoms with Gasteiger partial charge in [0, 0.05) is 6.54 Å². The summed E-state index contributed by atoms with van der Waals surface area (Å²) >= 11 is 0. The molecule has 2 atom stereocenters. The Morgan fingerprint density at radius 2 is 2.05 bits per heavy atom. The smallest absolute Gasteiger partial charge is 0.340 e. The number of aliphatic hydroxyl groups is 1. The number of amides is 1. The minimum absolute atomic E-state index is 0.317. The Morgan fingerprint density at radius 1 is 1.25 bits per heavy atom. The van der Waals surface area contributed by atoms with Crippen LogP contribution in [-0.2, 0) is 15.4 Å². The fourth-order valence-electron chi connectivity index (χ4n) is 3.31. The highest BCUT2D eigenvalue weighted by Crippen LogP contribution is 2.44. The molecule has 104 valence electrons. The molecule has 0 saturated carbocycles. The Hall–Kier alpha value is -1.92. The fraction of sp³-hybridized carbons (Fsp3) is 0.429. The molecular weight excluding hydrogens is 260 g/mol. The van der Waals surface area contributed by atoms with Crippen LogP contribution in [0.5, 0.6) is 0 Å². The van der Waals surface area contributed by atoms with Gasteiger partial charge in [-0.1, -0.05) is 12.1 Å². The van der Waals surface area contributed by atoms with Crippen molar-refractivity contribution in [1.82, 2.24) is 10.0 Å². The lowest BCUT2D eigenvalue weighted by Gasteiger charge is -2.49. The van der Waals surface area contributed by atoms with Crippen molar-refractivity contribution in [2.75, 3.05) is 6.54 Å². The average molecular weight is 274 g/mol. The van der Waals surface area contributed by atoms with Crippen molar-refractivity contribution in [3.8, 4) is 0 Å². The topological polar surface area (TPSA) is 70.1 Å². The lowest BCUT2D eigenvalue weighted by atomic mass is 10.0. The molecular formula is C14H14N2O4. The number of piperidine rings is 1. The van der Waals surface area contributed by atoms with Crippen LogP contribution in [0, 0.1) is 0 Å². The van der Waals surface area contributed by atoms with Crippen LogP contribution in [0.15, 0.2) is 24.3 Å². The summed E-state index contributed by atoms with van der Waals surface area (Å²) in [5, 5.41) is 13.6. The van der Waals surface area contributed by atoms with Gasteiger partial charge in [-0.15, -0.1) is 0 Å². The van der Waals surface area contributed by atoms with Gasteiger partial charge in [-0.3, -0.25) is 9.59 Å². The van der Waals surface area contributed by atoms with Gasteiger partial charge < -0.3 is 9.84 Å². The Bertz CT molecular complexity index is 617. The summed E-state index contributed by atoms with van der Waals surface area (Å²) < 4.78 is 5.24. The lowest BCUT2D eigenvalue weighted by Crippen LogP contribution is -2.67. The van der Waals surface area contributed by atoms with E-state index in [2.05, 4.69) is 0 Å². The standard InChI is InChI=1S/C14H14N2O4/c17-12-9-5-1-2-6-10(9)14(19)16(12)15-8-4-3-7-11(15)13(18)20-14/h1-2,5-6,11,19H,3-4,7-8H2/t11-,14-/m1/s1. The summed E-state index contributed by atoms with van der Waals surface area (Å²) in [5.74, 6) is -2.77. The number of rotatable bonds is 0. The zero-order valence-corrected chi connectivity index (χ0v) is 10.8. The van der Waals surface area contributed by atoms with Gasteiger partial charge in [-0.25, -0.2) is 0 Å². The van der Waals surface area contributed by atoms with Crippen molar-refractivity contribution in [2.24, 2.45) is 0 Å². The highest BCUT2D eigenvalue weighted by molar-refractivity contribution is 6.00. The van der Waals surface area contributed by atoms with Crippen molar-refractivity contribution < 1.29 is 19.4 Å². The van der Waals surface area contributed by atoms with E-state index in [0.717, 1.165) is 12.8 Å². The molecule has 3 aliphatic heterocycles. The molecule has 6 heteroatoms. The van der Waals surface area contributed by atoms with E-state index < -0.39 is 17.9 Å². The third kappa shape index (κ3) is 1.30. The molecule has 1 aromatic rings. The first kappa shape index (κ1) is 11.9. The molecule has 1 aromatic carbocycles. The van der Waals surface area contributed by atoms with E-state index in [9.17, 15) is 14.7 Å². The molecule has 0 aromatic heterocycles. The Labute approximate surface area is 115 Å². The highest BCUT2D eigenvalue weighted by Gasteiger charge is 2.60. The summed E-state index contributed by atoms with van der Waals surface area (Å²) in [6.45, 7) is 0.571. The van der Waals surface area contributed by atoms with E-state index in [0.29, 0.717) is 24.1 Å². The van der Waals surface area contributed by atoms with Crippen LogP contribution >= 0.6 is 0 Å². The Balaban J connectivity index is 1.87. The molecule has 2 fully saturated rings. The van der Waals surface area contributed by atoms with Crippen molar-refractivity contribution in [3.63, 3.8) is 0 Å². The van der Waals surface area contributed by atoms with E-state index in [1.807, 2.05) is 0 Å². The third-order valence-electron chi connectivity index (χ3n) is 4.23. The monoisotopic (exact) mass is 274 g/mol. The molecule has 0 bridgehead atoms. The largest absolute Gasteiger partial charge is 0.407 e. The maximum absolute atomic E-state index is 12.5. The number of carbonyl (C=O) groups is 2. The SMILES string of the molecule is O=C1O[C@]2(O)c3ccccc3C(=O)N2N2CCCC[C@H]12. The van der Waals surface area contributed by atoms with Crippen LogP contribution in [0.3, 0.4) is 0 Å². The predicted octanol–water partition coefficient (Wildman–Crippen LogP) is 0.571. The maximum atomic E-state index is 12.5. The second kappa shape index (κ2) is 3.80. The molecule has 1 amide bonds. The number of carbonyl (C=O) groups excluding carboxylic acids is 2. The summed E-state index contributed by atoms with van der Waals surface area (Å²) in [5.41, 5.74) is 0.719. The summed E-state index contributed by atoms with van der Waals surface area (Å²) in [6, 6.07) is 6.23. The predicted molar refractivity (Wildman–Crippen MR) is 66.9 cm³/mol. The number of ether oxygens (including phenoxy) is 1. The normalized spacial score (nSPS) is 32.5. The molecule has 20 heavy (non-hydrogen) atoms. The third-order valence-corrected chi connectivity index (χ3v) is 4.23. The molecule has 0 unspecified atom stereocenters. The van der Waals surface area contributed by atoms with Crippen LogP contribution in [0.25, 0.3) is 0 Å². The van der Waals surface area contributed by atoms with Gasteiger partial charge in [0.15, 0.2) is 0 Å². The van der Waals surface area contributed by atoms with Crippen LogP contribution in [-0.4, -0.2) is 39.6 Å². The molecule has 0 spiro atoms. The number of hydrazine groups is 1. The molecule has 2 saturated heterocycles. The molecule has 0 radical (unpaired) electrons. The number of nitrogens with zero attached hydrogens (tertiary/aromatic N) is 2. The molecule has 3 heterocycles. The number of benzene rings is 1. The van der Waals surface area contributed by atoms with Gasteiger partial charge in [0.1, 0.15) is 6.04 Å². The van der Waals surface area contributed by atoms with Crippen molar-refractivity contribution in [1.29, 1.82) is 0 Å². The molecule has 3 aliphatic rings. The van der Waals surface area contributed by atoms with Crippen LogP contribution in [0.4, 0.5) is 0 Å². The van der Waals surface area contributed by atoms with Gasteiger partial charge in [0.2, 0.25) is 0 Å². The van der Waals surface area contributed by atoms with Gasteiger partial charge in [-0.05, 0) is 31.4 Å². The second-order valence-electron chi connectivity index (χ2n) is 5.37. The van der Waals surface area contributed by atoms with E-state index >= 15 is 0 Å². The van der Waals surface area contributed by atoms with Gasteiger partial charge in [0.05, 0.1) is 11.1 Å². The van der Waals surface area contributed by atoms with E-state index in [4.69, 9.17) is 4.74 Å². The van der Waals surface area contributed by atoms with Crippen molar-refractivity contribution in [2.45, 2.75) is 31.2 Å². The fourth-order valence-corrected chi connectivity index (χ4v) is 3.31. The summed E-state index contributed by atoms with van der Waals surface area (Å²) in [7, 11) is 0. The zero-order valence-electron chi connectivity index (χ0n) is 10.8. The molecule has 6 nitrogen and oxygen atoms in total. The molecule has 0 aliphatic carbocycles. The number of hydrogen-bond acceptors (Lipinski definition) is 5. The van der Waals surface area contributed by atoms with Crippen LogP contribution in [0.1, 0.15) is 35.2 Å². The highest BCUT2D eigenvalue weighted by atomic mass is 16.7. The lowest BCUT2D eigenvalue weighted by molar-refractivity contribution is -0.346. The Kier molecular flexibility index (Phi) is 2.26. The van der Waals surface area contributed by atoms with E-state index in [1.165, 1.54) is 5.01 Å². The summed E-state index contributed by atoms with van der Waals surface area (Å²) in [4.78, 5) is 24.7. The zero-order chi connectivity index (χ0) is 13.9. The maximum Gasteiger partial charge on any atom is 0.340 e. The quantitative estimate of drug-likeness (QED) is 0.700. The van der Waals surface area contributed by atoms with Gasteiger partial charge in [-0.2, -0.15) is 10.0 Å². The first-order valence-corrected chi connectivity index (χ1v) is 6.79. The number of fused-ring (bicyclic) bond motifs is 5. The van der Waals surface area contributed by atoms with Gasteiger partial charge >= 0.3 is 11.9 Å². The first-order valence-electron chi connectivity index (χ1n) is 6.79. The number of hydrogen-bond donors (Lipinski definition) is 1. The minimum Gasteiger partial charge on any atom is -0.407 e. The van der Waals surface area contributed by atoms with E-state index in [-0.39, 0.29) is 5.91 Å². The average Bonchev–Trinajstić information content (AvgIpc) is 2.68. The Morgan fingerprint density at radius 3 is 2.90 bits per heavy atom. The van der Waals surface area contributed by atoms with Crippen molar-refractivity contribution in [3.05, 3.63) is 35.4 Å². The van der Waals surface area contributed by atoms with Gasteiger partial charge in [0.25, 0.3) is 5.91 Å². The minimum atomic E-state index is -1.99. The first-order chi connectivity index (χ1) is 9.63. The second-order valence-corrected chi connectivity index (χ2v) is 5.37.